The first kappa shape index (κ1) is 14.1. The SMILES string of the molecule is CC1=CC=C(C)[C]2[CH][CH][CH][C]21.[Cl][Ti+]([Cl])[Cl]. The molecule has 0 heterocycles. The molecule has 2 aliphatic rings. The quantitative estimate of drug-likeness (QED) is 0.567. The predicted molar refractivity (Wildman–Crippen MR) is 64.5 cm³/mol. The van der Waals surface area contributed by atoms with Crippen molar-refractivity contribution in [1.82, 2.24) is 0 Å². The second-order valence-electron chi connectivity index (χ2n) is 3.27. The van der Waals surface area contributed by atoms with Gasteiger partial charge in [-0.1, -0.05) is 23.3 Å². The Balaban J connectivity index is 0.000000245. The van der Waals surface area contributed by atoms with E-state index in [-0.39, 0.29) is 0 Å². The predicted octanol–water partition coefficient (Wildman–Crippen LogP) is 4.73. The average Bonchev–Trinajstić information content (AvgIpc) is 2.60. The van der Waals surface area contributed by atoms with E-state index in [0.717, 1.165) is 0 Å². The molecular weight excluding hydrogens is 286 g/mol. The van der Waals surface area contributed by atoms with Gasteiger partial charge in [0.1, 0.15) is 0 Å². The monoisotopic (exact) mass is 296 g/mol. The van der Waals surface area contributed by atoms with Crippen LogP contribution in [0.15, 0.2) is 23.3 Å². The van der Waals surface area contributed by atoms with Gasteiger partial charge in [0.05, 0.1) is 0 Å². The van der Waals surface area contributed by atoms with Crippen LogP contribution in [0.5, 0.6) is 0 Å². The van der Waals surface area contributed by atoms with E-state index in [1.54, 1.807) is 0 Å². The summed E-state index contributed by atoms with van der Waals surface area (Å²) >= 11 is -1.92. The fourth-order valence-corrected chi connectivity index (χ4v) is 1.54. The molecule has 0 nitrogen and oxygen atoms in total. The zero-order valence-corrected chi connectivity index (χ0v) is 12.3. The van der Waals surface area contributed by atoms with Crippen molar-refractivity contribution >= 4 is 27.9 Å². The van der Waals surface area contributed by atoms with Crippen molar-refractivity contribution in [2.45, 2.75) is 13.8 Å². The van der Waals surface area contributed by atoms with Gasteiger partial charge in [-0.05, 0) is 33.1 Å². The zero-order chi connectivity index (χ0) is 11.4. The molecule has 15 heavy (non-hydrogen) atoms. The maximum atomic E-state index is 4.97. The third-order valence-corrected chi connectivity index (χ3v) is 2.25. The Bertz CT molecular complexity index is 244. The average molecular weight is 297 g/mol. The van der Waals surface area contributed by atoms with Crippen molar-refractivity contribution in [2.75, 3.05) is 0 Å². The van der Waals surface area contributed by atoms with Crippen LogP contribution in [0.1, 0.15) is 13.8 Å². The maximum absolute atomic E-state index is 4.97. The summed E-state index contributed by atoms with van der Waals surface area (Å²) in [5.74, 6) is 2.79. The van der Waals surface area contributed by atoms with Gasteiger partial charge in [-0.15, -0.1) is 0 Å². The summed E-state index contributed by atoms with van der Waals surface area (Å²) in [5.41, 5.74) is 2.74. The first-order chi connectivity index (χ1) is 7.02. The molecule has 0 aliphatic heterocycles. The van der Waals surface area contributed by atoms with Gasteiger partial charge in [0.15, 0.2) is 0 Å². The summed E-state index contributed by atoms with van der Waals surface area (Å²) in [5, 5.41) is 0. The third-order valence-electron chi connectivity index (χ3n) is 2.25. The zero-order valence-electron chi connectivity index (χ0n) is 8.52. The normalized spacial score (nSPS) is 21.1. The molecule has 0 aromatic heterocycles. The fourth-order valence-electron chi connectivity index (χ4n) is 1.54. The molecule has 0 saturated heterocycles. The molecule has 1 saturated carbocycles. The van der Waals surface area contributed by atoms with Gasteiger partial charge in [0, 0.05) is 11.8 Å². The van der Waals surface area contributed by atoms with E-state index in [0.29, 0.717) is 0 Å². The summed E-state index contributed by atoms with van der Waals surface area (Å²) in [6, 6.07) is 0. The Morgan fingerprint density at radius 3 is 1.53 bits per heavy atom. The fraction of sp³-hybridized carbons (Fsp3) is 0.182. The number of fused-ring (bicyclic) bond motifs is 1. The van der Waals surface area contributed by atoms with Crippen molar-refractivity contribution in [3.8, 4) is 0 Å². The van der Waals surface area contributed by atoms with Crippen molar-refractivity contribution in [3.63, 3.8) is 0 Å². The number of halogens is 3. The number of rotatable bonds is 0. The third kappa shape index (κ3) is 4.44. The summed E-state index contributed by atoms with van der Waals surface area (Å²) < 4.78 is 0. The van der Waals surface area contributed by atoms with Crippen LogP contribution in [0.4, 0.5) is 0 Å². The van der Waals surface area contributed by atoms with E-state index in [1.807, 2.05) is 0 Å². The Labute approximate surface area is 110 Å². The van der Waals surface area contributed by atoms with Crippen LogP contribution in [0.2, 0.25) is 0 Å². The molecule has 0 spiro atoms. The molecule has 0 amide bonds. The topological polar surface area (TPSA) is 0 Å². The van der Waals surface area contributed by atoms with Crippen molar-refractivity contribution in [2.24, 2.45) is 0 Å². The van der Waals surface area contributed by atoms with Gasteiger partial charge in [-0.3, -0.25) is 0 Å². The molecule has 0 unspecified atom stereocenters. The van der Waals surface area contributed by atoms with Crippen LogP contribution >= 0.6 is 27.9 Å². The number of hydrogen-bond acceptors (Lipinski definition) is 0. The van der Waals surface area contributed by atoms with E-state index in [9.17, 15) is 0 Å². The van der Waals surface area contributed by atoms with Gasteiger partial charge in [-0.25, -0.2) is 0 Å². The van der Waals surface area contributed by atoms with Crippen LogP contribution < -0.4 is 0 Å². The summed E-state index contributed by atoms with van der Waals surface area (Å²) in [4.78, 5) is 0. The molecule has 0 atom stereocenters. The molecule has 0 bridgehead atoms. The van der Waals surface area contributed by atoms with Crippen LogP contribution in [-0.2, 0) is 14.7 Å². The summed E-state index contributed by atoms with van der Waals surface area (Å²) in [6.07, 6.45) is 10.8. The minimum absolute atomic E-state index is 1.37. The van der Waals surface area contributed by atoms with Crippen LogP contribution in [0.25, 0.3) is 0 Å². The van der Waals surface area contributed by atoms with Gasteiger partial charge in [-0.2, -0.15) is 0 Å². The van der Waals surface area contributed by atoms with Crippen LogP contribution in [-0.4, -0.2) is 0 Å². The molecule has 0 N–H and O–H groups in total. The Kier molecular flexibility index (Phi) is 6.32. The summed E-state index contributed by atoms with van der Waals surface area (Å²) in [7, 11) is 14.9. The Morgan fingerprint density at radius 1 is 0.867 bits per heavy atom. The molecule has 79 valence electrons. The molecule has 0 aromatic carbocycles. The minimum atomic E-state index is -1.92. The molecule has 1 fully saturated rings. The van der Waals surface area contributed by atoms with Crippen molar-refractivity contribution in [1.29, 1.82) is 0 Å². The second-order valence-corrected chi connectivity index (χ2v) is 11.0. The first-order valence-electron chi connectivity index (χ1n) is 4.47. The summed E-state index contributed by atoms with van der Waals surface area (Å²) in [6.45, 7) is 4.31. The second kappa shape index (κ2) is 6.72. The standard InChI is InChI=1S/C11H11.3ClH.Ti/c1-8-6-7-9(2)11-5-3-4-10(8)11;;;;/h3-7H,1-2H3;3*1H;/q;;;;+4/p-3. The van der Waals surface area contributed by atoms with Crippen LogP contribution in [0.3, 0.4) is 0 Å². The molecule has 2 aliphatic carbocycles. The molecule has 0 aromatic rings. The van der Waals surface area contributed by atoms with E-state index < -0.39 is 14.7 Å². The first-order valence-corrected chi connectivity index (χ1v) is 10.9. The molecule has 2 rings (SSSR count). The number of hydrogen-bond donors (Lipinski definition) is 0. The van der Waals surface area contributed by atoms with E-state index in [4.69, 9.17) is 27.9 Å². The molecule has 4 heteroatoms. The van der Waals surface area contributed by atoms with Gasteiger partial charge in [0.2, 0.25) is 0 Å². The van der Waals surface area contributed by atoms with Crippen molar-refractivity contribution < 1.29 is 14.7 Å². The number of allylic oxidation sites excluding steroid dienone is 4. The Hall–Kier alpha value is 1.06. The van der Waals surface area contributed by atoms with Gasteiger partial charge < -0.3 is 0 Å². The van der Waals surface area contributed by atoms with Gasteiger partial charge >= 0.3 is 42.6 Å². The van der Waals surface area contributed by atoms with Crippen LogP contribution in [0, 0.1) is 31.1 Å². The molecular formula is C11H11Cl3Ti+. The van der Waals surface area contributed by atoms with Crippen molar-refractivity contribution in [3.05, 3.63) is 54.4 Å². The Morgan fingerprint density at radius 2 is 1.20 bits per heavy atom. The van der Waals surface area contributed by atoms with E-state index >= 15 is 0 Å². The van der Waals surface area contributed by atoms with E-state index in [1.165, 1.54) is 23.0 Å². The van der Waals surface area contributed by atoms with E-state index in [2.05, 4.69) is 45.3 Å². The van der Waals surface area contributed by atoms with Gasteiger partial charge in [0.25, 0.3) is 0 Å². The molecule has 5 radical (unpaired) electrons.